The van der Waals surface area contributed by atoms with Gasteiger partial charge in [0.1, 0.15) is 0 Å². The molecule has 1 saturated carbocycles. The van der Waals surface area contributed by atoms with Crippen LogP contribution in [0.5, 0.6) is 0 Å². The van der Waals surface area contributed by atoms with Gasteiger partial charge in [-0.15, -0.1) is 5.10 Å². The van der Waals surface area contributed by atoms with E-state index in [2.05, 4.69) is 36.3 Å². The number of carbonyl (C=O) groups is 2. The number of nitrogens with zero attached hydrogens (tertiary/aromatic N) is 3. The Kier molecular flexibility index (Phi) is 4.56. The molecule has 1 aliphatic heterocycles. The lowest BCUT2D eigenvalue weighted by Gasteiger charge is -2.32. The third kappa shape index (κ3) is 3.91. The first kappa shape index (κ1) is 16.9. The summed E-state index contributed by atoms with van der Waals surface area (Å²) in [6.07, 6.45) is 3.70. The minimum atomic E-state index is -0.162. The van der Waals surface area contributed by atoms with E-state index in [1.165, 1.54) is 0 Å². The van der Waals surface area contributed by atoms with Crippen molar-refractivity contribution in [2.75, 3.05) is 18.4 Å². The SMILES string of the molecule is CC(C)(C)c1ccc(NC(=O)C2CCCN(C(=O)C3CC3)C2)nn1. The number of aromatic nitrogens is 2. The van der Waals surface area contributed by atoms with Gasteiger partial charge in [0.2, 0.25) is 11.8 Å². The van der Waals surface area contributed by atoms with Gasteiger partial charge in [0.15, 0.2) is 5.82 Å². The van der Waals surface area contributed by atoms with Crippen molar-refractivity contribution in [3.05, 3.63) is 17.8 Å². The maximum atomic E-state index is 12.5. The predicted molar refractivity (Wildman–Crippen MR) is 91.4 cm³/mol. The first-order chi connectivity index (χ1) is 11.3. The average molecular weight is 330 g/mol. The zero-order chi connectivity index (χ0) is 17.3. The number of nitrogens with one attached hydrogen (secondary N) is 1. The van der Waals surface area contributed by atoms with Crippen molar-refractivity contribution in [1.29, 1.82) is 0 Å². The van der Waals surface area contributed by atoms with Gasteiger partial charge in [-0.05, 0) is 37.8 Å². The fourth-order valence-corrected chi connectivity index (χ4v) is 3.01. The van der Waals surface area contributed by atoms with E-state index in [4.69, 9.17) is 0 Å². The standard InChI is InChI=1S/C18H26N4O2/c1-18(2,3)14-8-9-15(21-20-14)19-16(23)13-5-4-10-22(11-13)17(24)12-6-7-12/h8-9,12-13H,4-7,10-11H2,1-3H3,(H,19,21,23). The second-order valence-electron chi connectivity index (χ2n) is 7.94. The number of likely N-dealkylation sites (tertiary alicyclic amines) is 1. The molecule has 6 nitrogen and oxygen atoms in total. The Balaban J connectivity index is 1.58. The van der Waals surface area contributed by atoms with Crippen LogP contribution in [0.25, 0.3) is 0 Å². The van der Waals surface area contributed by atoms with Gasteiger partial charge in [0, 0.05) is 24.4 Å². The highest BCUT2D eigenvalue weighted by Gasteiger charge is 2.36. The summed E-state index contributed by atoms with van der Waals surface area (Å²) in [5.41, 5.74) is 0.821. The summed E-state index contributed by atoms with van der Waals surface area (Å²) < 4.78 is 0. The van der Waals surface area contributed by atoms with Gasteiger partial charge < -0.3 is 10.2 Å². The van der Waals surface area contributed by atoms with Crippen LogP contribution < -0.4 is 5.32 Å². The largest absolute Gasteiger partial charge is 0.342 e. The minimum absolute atomic E-state index is 0.0669. The van der Waals surface area contributed by atoms with Crippen molar-refractivity contribution in [3.63, 3.8) is 0 Å². The summed E-state index contributed by atoms with van der Waals surface area (Å²) in [6.45, 7) is 7.52. The molecule has 24 heavy (non-hydrogen) atoms. The number of hydrogen-bond donors (Lipinski definition) is 1. The highest BCUT2D eigenvalue weighted by atomic mass is 16.2. The predicted octanol–water partition coefficient (Wildman–Crippen LogP) is 2.36. The van der Waals surface area contributed by atoms with E-state index in [9.17, 15) is 9.59 Å². The fourth-order valence-electron chi connectivity index (χ4n) is 3.01. The lowest BCUT2D eigenvalue weighted by Crippen LogP contribution is -2.44. The van der Waals surface area contributed by atoms with Crippen LogP contribution in [-0.2, 0) is 15.0 Å². The molecular weight excluding hydrogens is 304 g/mol. The van der Waals surface area contributed by atoms with E-state index in [1.807, 2.05) is 11.0 Å². The van der Waals surface area contributed by atoms with Crippen molar-refractivity contribution in [3.8, 4) is 0 Å². The molecule has 2 amide bonds. The van der Waals surface area contributed by atoms with Crippen LogP contribution in [0.3, 0.4) is 0 Å². The Bertz CT molecular complexity index is 617. The maximum absolute atomic E-state index is 12.5. The van der Waals surface area contributed by atoms with Gasteiger partial charge in [-0.25, -0.2) is 0 Å². The minimum Gasteiger partial charge on any atom is -0.342 e. The highest BCUT2D eigenvalue weighted by Crippen LogP contribution is 2.32. The van der Waals surface area contributed by atoms with Gasteiger partial charge >= 0.3 is 0 Å². The molecule has 6 heteroatoms. The van der Waals surface area contributed by atoms with Gasteiger partial charge in [0.05, 0.1) is 11.6 Å². The number of piperidine rings is 1. The average Bonchev–Trinajstić information content (AvgIpc) is 3.39. The third-order valence-corrected chi connectivity index (χ3v) is 4.71. The Morgan fingerprint density at radius 2 is 1.88 bits per heavy atom. The third-order valence-electron chi connectivity index (χ3n) is 4.71. The summed E-state index contributed by atoms with van der Waals surface area (Å²) in [4.78, 5) is 26.5. The Labute approximate surface area is 143 Å². The first-order valence-electron chi connectivity index (χ1n) is 8.78. The number of hydrogen-bond acceptors (Lipinski definition) is 4. The smallest absolute Gasteiger partial charge is 0.230 e. The van der Waals surface area contributed by atoms with Crippen molar-refractivity contribution in [1.82, 2.24) is 15.1 Å². The quantitative estimate of drug-likeness (QED) is 0.923. The number of amides is 2. The van der Waals surface area contributed by atoms with E-state index in [1.54, 1.807) is 6.07 Å². The van der Waals surface area contributed by atoms with E-state index in [-0.39, 0.29) is 29.1 Å². The van der Waals surface area contributed by atoms with Crippen molar-refractivity contribution < 1.29 is 9.59 Å². The Morgan fingerprint density at radius 1 is 1.12 bits per heavy atom. The number of carbonyl (C=O) groups excluding carboxylic acids is 2. The molecule has 2 heterocycles. The summed E-state index contributed by atoms with van der Waals surface area (Å²) >= 11 is 0. The number of anilines is 1. The first-order valence-corrected chi connectivity index (χ1v) is 8.78. The lowest BCUT2D eigenvalue weighted by molar-refractivity contribution is -0.135. The summed E-state index contributed by atoms with van der Waals surface area (Å²) in [5.74, 6) is 0.676. The molecule has 1 N–H and O–H groups in total. The zero-order valence-corrected chi connectivity index (χ0v) is 14.7. The van der Waals surface area contributed by atoms with Gasteiger partial charge in [0.25, 0.3) is 0 Å². The summed E-state index contributed by atoms with van der Waals surface area (Å²) in [7, 11) is 0. The second kappa shape index (κ2) is 6.49. The van der Waals surface area contributed by atoms with Crippen LogP contribution >= 0.6 is 0 Å². The van der Waals surface area contributed by atoms with E-state index in [0.29, 0.717) is 12.4 Å². The van der Waals surface area contributed by atoms with Crippen molar-refractivity contribution >= 4 is 17.6 Å². The van der Waals surface area contributed by atoms with Crippen LogP contribution in [0.2, 0.25) is 0 Å². The van der Waals surface area contributed by atoms with Gasteiger partial charge in [-0.1, -0.05) is 20.8 Å². The van der Waals surface area contributed by atoms with Crippen LogP contribution in [0.4, 0.5) is 5.82 Å². The molecule has 2 aliphatic rings. The summed E-state index contributed by atoms with van der Waals surface area (Å²) in [6, 6.07) is 3.69. The van der Waals surface area contributed by atoms with E-state index < -0.39 is 0 Å². The van der Waals surface area contributed by atoms with Gasteiger partial charge in [-0.2, -0.15) is 5.10 Å². The van der Waals surface area contributed by atoms with Crippen LogP contribution in [0, 0.1) is 11.8 Å². The summed E-state index contributed by atoms with van der Waals surface area (Å²) in [5, 5.41) is 11.1. The molecule has 1 aromatic rings. The molecule has 0 spiro atoms. The van der Waals surface area contributed by atoms with Crippen LogP contribution in [-0.4, -0.2) is 40.0 Å². The number of rotatable bonds is 3. The molecule has 0 bridgehead atoms. The molecule has 3 rings (SSSR count). The second-order valence-corrected chi connectivity index (χ2v) is 7.94. The Hall–Kier alpha value is -1.98. The zero-order valence-electron chi connectivity index (χ0n) is 14.7. The van der Waals surface area contributed by atoms with E-state index in [0.717, 1.165) is 37.9 Å². The molecule has 130 valence electrons. The van der Waals surface area contributed by atoms with Crippen molar-refractivity contribution in [2.24, 2.45) is 11.8 Å². The highest BCUT2D eigenvalue weighted by molar-refractivity contribution is 5.92. The molecule has 1 unspecified atom stereocenters. The molecule has 1 aromatic heterocycles. The normalized spacial score (nSPS) is 21.5. The molecule has 2 fully saturated rings. The molecule has 1 aliphatic carbocycles. The monoisotopic (exact) mass is 330 g/mol. The maximum Gasteiger partial charge on any atom is 0.230 e. The topological polar surface area (TPSA) is 75.2 Å². The Morgan fingerprint density at radius 3 is 2.46 bits per heavy atom. The van der Waals surface area contributed by atoms with Crippen LogP contribution in [0.15, 0.2) is 12.1 Å². The fraction of sp³-hybridized carbons (Fsp3) is 0.667. The molecular formula is C18H26N4O2. The molecule has 1 saturated heterocycles. The molecule has 0 radical (unpaired) electrons. The van der Waals surface area contributed by atoms with E-state index >= 15 is 0 Å². The molecule has 0 aromatic carbocycles. The van der Waals surface area contributed by atoms with Crippen molar-refractivity contribution in [2.45, 2.75) is 51.9 Å². The molecule has 1 atom stereocenters. The van der Waals surface area contributed by atoms with Gasteiger partial charge in [-0.3, -0.25) is 9.59 Å². The van der Waals surface area contributed by atoms with Crippen LogP contribution in [0.1, 0.15) is 52.1 Å². The lowest BCUT2D eigenvalue weighted by atomic mass is 9.92.